The minimum Gasteiger partial charge on any atom is -0.491 e. The summed E-state index contributed by atoms with van der Waals surface area (Å²) < 4.78 is 52.1. The Bertz CT molecular complexity index is 2410. The number of nitrogens with zero attached hydrogens (tertiary/aromatic N) is 3. The number of hydrogen-bond donors (Lipinski definition) is 0. The van der Waals surface area contributed by atoms with Crippen molar-refractivity contribution in [1.82, 2.24) is 9.88 Å². The van der Waals surface area contributed by atoms with Gasteiger partial charge in [-0.2, -0.15) is 0 Å². The molecular formula is C55H78FN3O9SSi2. The van der Waals surface area contributed by atoms with Gasteiger partial charge in [-0.15, -0.1) is 11.3 Å². The summed E-state index contributed by atoms with van der Waals surface area (Å²) in [5, 5.41) is 2.30. The summed E-state index contributed by atoms with van der Waals surface area (Å²) in [5.41, 5.74) is -0.944. The number of halogens is 1. The smallest absolute Gasteiger partial charge is 0.416 e. The monoisotopic (exact) mass is 1030 g/mol. The van der Waals surface area contributed by atoms with Crippen molar-refractivity contribution in [3.05, 3.63) is 101 Å². The highest BCUT2D eigenvalue weighted by Gasteiger charge is 2.52. The van der Waals surface area contributed by atoms with E-state index in [0.29, 0.717) is 42.7 Å². The van der Waals surface area contributed by atoms with E-state index in [1.807, 2.05) is 12.1 Å². The molecule has 0 saturated heterocycles. The van der Waals surface area contributed by atoms with Crippen molar-refractivity contribution >= 4 is 61.6 Å². The van der Waals surface area contributed by atoms with Gasteiger partial charge in [-0.05, 0) is 119 Å². The largest absolute Gasteiger partial charge is 0.491 e. The molecule has 4 aromatic rings. The molecule has 0 bridgehead atoms. The predicted octanol–water partition coefficient (Wildman–Crippen LogP) is 11.8. The van der Waals surface area contributed by atoms with Gasteiger partial charge in [-0.1, -0.05) is 114 Å². The van der Waals surface area contributed by atoms with Crippen LogP contribution in [0.3, 0.4) is 0 Å². The van der Waals surface area contributed by atoms with Crippen molar-refractivity contribution in [2.45, 2.75) is 149 Å². The molecule has 1 atom stereocenters. The fourth-order valence-electron chi connectivity index (χ4n) is 7.35. The number of methoxy groups -OCH3 is 1. The van der Waals surface area contributed by atoms with E-state index in [9.17, 15) is 14.4 Å². The number of thiazole rings is 1. The lowest BCUT2D eigenvalue weighted by Gasteiger charge is -2.46. The number of esters is 1. The lowest BCUT2D eigenvalue weighted by Crippen LogP contribution is -2.68. The van der Waals surface area contributed by atoms with Crippen molar-refractivity contribution in [1.29, 1.82) is 0 Å². The quantitative estimate of drug-likeness (QED) is 0.0295. The summed E-state index contributed by atoms with van der Waals surface area (Å²) in [6, 6.07) is 25.5. The Labute approximate surface area is 429 Å². The van der Waals surface area contributed by atoms with Gasteiger partial charge in [0.2, 0.25) is 0 Å². The number of aromatic nitrogens is 1. The molecule has 3 aromatic carbocycles. The highest BCUT2D eigenvalue weighted by atomic mass is 32.1. The van der Waals surface area contributed by atoms with Gasteiger partial charge in [0.25, 0.3) is 8.32 Å². The second kappa shape index (κ2) is 24.6. The van der Waals surface area contributed by atoms with Gasteiger partial charge in [-0.25, -0.2) is 23.8 Å². The van der Waals surface area contributed by atoms with E-state index in [-0.39, 0.29) is 52.5 Å². The van der Waals surface area contributed by atoms with E-state index >= 15 is 4.39 Å². The molecule has 71 heavy (non-hydrogen) atoms. The number of amides is 2. The second-order valence-corrected chi connectivity index (χ2v) is 32.4. The van der Waals surface area contributed by atoms with Crippen LogP contribution in [0.2, 0.25) is 23.2 Å². The van der Waals surface area contributed by atoms with E-state index in [1.54, 1.807) is 54.7 Å². The van der Waals surface area contributed by atoms with Crippen LogP contribution in [0.5, 0.6) is 5.75 Å². The third-order valence-corrected chi connectivity index (χ3v) is 22.7. The third kappa shape index (κ3) is 16.7. The number of benzene rings is 3. The molecule has 2 amide bonds. The number of aryl methyl sites for hydroxylation is 1. The average molecular weight is 1030 g/mol. The molecule has 388 valence electrons. The molecule has 0 spiro atoms. The Morgan fingerprint density at radius 1 is 0.789 bits per heavy atom. The maximum absolute atomic E-state index is 15.2. The maximum Gasteiger partial charge on any atom is 0.416 e. The van der Waals surface area contributed by atoms with Gasteiger partial charge < -0.3 is 32.7 Å². The van der Waals surface area contributed by atoms with Crippen LogP contribution < -0.4 is 20.0 Å². The minimum absolute atomic E-state index is 0.0306. The van der Waals surface area contributed by atoms with Gasteiger partial charge in [0.15, 0.2) is 30.7 Å². The normalized spacial score (nSPS) is 12.9. The maximum atomic E-state index is 15.2. The van der Waals surface area contributed by atoms with Gasteiger partial charge in [0.1, 0.15) is 11.2 Å². The van der Waals surface area contributed by atoms with Crippen LogP contribution in [-0.4, -0.2) is 102 Å². The first-order valence-corrected chi connectivity index (χ1v) is 30.0. The Hall–Kier alpha value is -5.06. The van der Waals surface area contributed by atoms with Gasteiger partial charge in [0.05, 0.1) is 33.0 Å². The van der Waals surface area contributed by atoms with E-state index < -0.39 is 51.8 Å². The first kappa shape index (κ1) is 58.5. The van der Waals surface area contributed by atoms with Crippen molar-refractivity contribution in [2.75, 3.05) is 45.4 Å². The van der Waals surface area contributed by atoms with Crippen molar-refractivity contribution in [3.63, 3.8) is 0 Å². The lowest BCUT2D eigenvalue weighted by atomic mass is 10.2. The standard InChI is InChI=1S/C55H78FN3O9SSi2/c1-52(2,3)66-50(61)58(13)35-23-26-40-33-34-45(44(56)38-40)64-37-25-32-46-47(48(60)63-14)57-49(69-46)59(51(62)67-53(4,5)6)36-24-27-41(39-65-70(15,16)54(7,8)9)68-71(55(10,11)12,42-28-19-17-20-29-42)43-30-21-18-22-31-43/h17-22,28-31,33-34,38,41H,24-25,27,32,35-37,39H2,1-16H3. The highest BCUT2D eigenvalue weighted by Crippen LogP contribution is 2.40. The van der Waals surface area contributed by atoms with E-state index in [2.05, 4.69) is 115 Å². The molecule has 16 heteroatoms. The third-order valence-electron chi connectivity index (χ3n) is 12.0. The number of rotatable bonds is 19. The van der Waals surface area contributed by atoms with Gasteiger partial charge in [0, 0.05) is 24.0 Å². The predicted molar refractivity (Wildman–Crippen MR) is 288 cm³/mol. The topological polar surface area (TPSA) is 126 Å². The van der Waals surface area contributed by atoms with Crippen molar-refractivity contribution in [3.8, 4) is 17.6 Å². The SMILES string of the molecule is COC(=O)c1nc(N(CCCC(CO[Si](C)(C)C(C)(C)C)O[Si](c2ccccc2)(c2ccccc2)C(C)(C)C)C(=O)OC(C)(C)C)sc1CCCOc1ccc(C#CCN(C)C(=O)OC(C)(C)C)cc1F. The summed E-state index contributed by atoms with van der Waals surface area (Å²) in [5.74, 6) is 4.55. The summed E-state index contributed by atoms with van der Waals surface area (Å²) in [6.45, 7) is 29.5. The Morgan fingerprint density at radius 2 is 1.37 bits per heavy atom. The molecule has 0 aliphatic carbocycles. The molecule has 1 aromatic heterocycles. The van der Waals surface area contributed by atoms with Crippen LogP contribution in [0.1, 0.15) is 123 Å². The van der Waals surface area contributed by atoms with Crippen molar-refractivity contribution in [2.24, 2.45) is 0 Å². The molecule has 0 aliphatic rings. The first-order valence-electron chi connectivity index (χ1n) is 24.3. The number of ether oxygens (including phenoxy) is 4. The zero-order chi connectivity index (χ0) is 53.0. The van der Waals surface area contributed by atoms with Gasteiger partial charge >= 0.3 is 18.2 Å². The molecule has 0 aliphatic heterocycles. The van der Waals surface area contributed by atoms with Crippen LogP contribution >= 0.6 is 11.3 Å². The molecular weight excluding hydrogens is 954 g/mol. The zero-order valence-electron chi connectivity index (χ0n) is 45.0. The second-order valence-electron chi connectivity index (χ2n) is 22.2. The summed E-state index contributed by atoms with van der Waals surface area (Å²) in [7, 11) is -2.37. The fourth-order valence-corrected chi connectivity index (χ4v) is 14.2. The lowest BCUT2D eigenvalue weighted by molar-refractivity contribution is 0.0320. The summed E-state index contributed by atoms with van der Waals surface area (Å²) >= 11 is 1.21. The Kier molecular flexibility index (Phi) is 20.3. The van der Waals surface area contributed by atoms with Crippen LogP contribution in [-0.2, 0) is 29.5 Å². The minimum atomic E-state index is -3.01. The van der Waals surface area contributed by atoms with Crippen LogP contribution in [0.4, 0.5) is 19.1 Å². The molecule has 0 N–H and O–H groups in total. The van der Waals surface area contributed by atoms with Crippen molar-refractivity contribution < 1.29 is 46.6 Å². The van der Waals surface area contributed by atoms with Crippen LogP contribution in [0.15, 0.2) is 78.9 Å². The molecule has 0 fully saturated rings. The molecule has 4 rings (SSSR count). The first-order chi connectivity index (χ1) is 33.0. The zero-order valence-corrected chi connectivity index (χ0v) is 47.9. The molecule has 12 nitrogen and oxygen atoms in total. The Morgan fingerprint density at radius 3 is 1.89 bits per heavy atom. The summed E-state index contributed by atoms with van der Waals surface area (Å²) in [6.07, 6.45) is 0.326. The molecule has 1 heterocycles. The highest BCUT2D eigenvalue weighted by molar-refractivity contribution is 7.16. The van der Waals surface area contributed by atoms with E-state index in [0.717, 1.165) is 10.4 Å². The van der Waals surface area contributed by atoms with Gasteiger partial charge in [-0.3, -0.25) is 4.90 Å². The fraction of sp³-hybridized carbons (Fsp3) is 0.527. The van der Waals surface area contributed by atoms with Crippen LogP contribution in [0, 0.1) is 17.7 Å². The number of carbonyl (C=O) groups excluding carboxylic acids is 3. The molecule has 1 unspecified atom stereocenters. The molecule has 0 radical (unpaired) electrons. The number of anilines is 1. The van der Waals surface area contributed by atoms with Crippen LogP contribution in [0.25, 0.3) is 0 Å². The molecule has 0 saturated carbocycles. The Balaban J connectivity index is 1.59. The van der Waals surface area contributed by atoms with E-state index in [4.69, 9.17) is 32.8 Å². The number of carbonyl (C=O) groups is 3. The summed E-state index contributed by atoms with van der Waals surface area (Å²) in [4.78, 5) is 47.7. The van der Waals surface area contributed by atoms with E-state index in [1.165, 1.54) is 40.4 Å². The average Bonchev–Trinajstić information content (AvgIpc) is 3.69. The number of hydrogen-bond acceptors (Lipinski definition) is 11.